The lowest BCUT2D eigenvalue weighted by atomic mass is 9.96. The number of hydrogen-bond donors (Lipinski definition) is 4. The van der Waals surface area contributed by atoms with Crippen molar-refractivity contribution in [1.82, 2.24) is 0 Å². The lowest BCUT2D eigenvalue weighted by molar-refractivity contribution is -0.176. The highest BCUT2D eigenvalue weighted by atomic mass is 16.6. The molecule has 0 rings (SSSR count). The number of rotatable bonds is 24. The van der Waals surface area contributed by atoms with E-state index in [0.717, 1.165) is 38.5 Å². The fourth-order valence-corrected chi connectivity index (χ4v) is 3.65. The molecule has 10 nitrogen and oxygen atoms in total. The summed E-state index contributed by atoms with van der Waals surface area (Å²) in [5.74, 6) is -5.25. The summed E-state index contributed by atoms with van der Waals surface area (Å²) in [5.41, 5.74) is -2.84. The standard InChI is InChI=1S/C27H46O10/c1-2-3-4-5-6-7-8-9-10-11-12-13-14-15-16-17-24(31)36-21-22(20-28)37-25(32)19-27(35,26(33)34)18-23(29)30/h9-10,22,28,35H,2-8,11-21H2,1H3,(H,29,30)(H,33,34)/b10-9-. The molecule has 2 unspecified atom stereocenters. The highest BCUT2D eigenvalue weighted by Crippen LogP contribution is 2.18. The molecule has 0 saturated carbocycles. The van der Waals surface area contributed by atoms with Gasteiger partial charge in [-0.15, -0.1) is 0 Å². The highest BCUT2D eigenvalue weighted by Gasteiger charge is 2.41. The van der Waals surface area contributed by atoms with Crippen LogP contribution in [0.25, 0.3) is 0 Å². The van der Waals surface area contributed by atoms with Crippen LogP contribution in [0.3, 0.4) is 0 Å². The van der Waals surface area contributed by atoms with Crippen LogP contribution in [-0.2, 0) is 28.7 Å². The largest absolute Gasteiger partial charge is 0.481 e. The number of esters is 2. The van der Waals surface area contributed by atoms with Gasteiger partial charge in [-0.25, -0.2) is 4.79 Å². The zero-order chi connectivity index (χ0) is 27.9. The van der Waals surface area contributed by atoms with Crippen molar-refractivity contribution in [1.29, 1.82) is 0 Å². The first-order valence-electron chi connectivity index (χ1n) is 13.4. The van der Waals surface area contributed by atoms with Gasteiger partial charge in [0, 0.05) is 6.42 Å². The van der Waals surface area contributed by atoms with E-state index in [0.29, 0.717) is 6.42 Å². The molecular weight excluding hydrogens is 484 g/mol. The van der Waals surface area contributed by atoms with E-state index in [9.17, 15) is 29.4 Å². The number of carboxylic acid groups (broad SMARTS) is 2. The summed E-state index contributed by atoms with van der Waals surface area (Å²) in [4.78, 5) is 45.6. The maximum atomic E-state index is 11.9. The normalized spacial score (nSPS) is 13.7. The van der Waals surface area contributed by atoms with Gasteiger partial charge in [0.05, 0.1) is 19.4 Å². The maximum absolute atomic E-state index is 11.9. The molecule has 0 aromatic carbocycles. The number of unbranched alkanes of at least 4 members (excludes halogenated alkanes) is 11. The topological polar surface area (TPSA) is 168 Å². The van der Waals surface area contributed by atoms with Gasteiger partial charge in [0.25, 0.3) is 0 Å². The lowest BCUT2D eigenvalue weighted by Gasteiger charge is -2.22. The van der Waals surface area contributed by atoms with E-state index in [4.69, 9.17) is 19.7 Å². The van der Waals surface area contributed by atoms with Crippen LogP contribution < -0.4 is 0 Å². The first-order valence-corrected chi connectivity index (χ1v) is 13.4. The molecule has 0 aliphatic heterocycles. The molecule has 0 aliphatic rings. The van der Waals surface area contributed by atoms with Crippen molar-refractivity contribution < 1.29 is 49.1 Å². The summed E-state index contributed by atoms with van der Waals surface area (Å²) in [6.07, 6.45) is 15.9. The number of aliphatic hydroxyl groups is 2. The van der Waals surface area contributed by atoms with Gasteiger partial charge >= 0.3 is 23.9 Å². The SMILES string of the molecule is CCCCCCCC/C=C\CCCCCCCC(=O)OCC(CO)OC(=O)CC(O)(CC(=O)O)C(=O)O. The Kier molecular flexibility index (Phi) is 20.2. The summed E-state index contributed by atoms with van der Waals surface area (Å²) in [6.45, 7) is 1.09. The van der Waals surface area contributed by atoms with E-state index < -0.39 is 61.6 Å². The Labute approximate surface area is 220 Å². The van der Waals surface area contributed by atoms with Crippen LogP contribution in [0.1, 0.15) is 110 Å². The molecule has 0 fully saturated rings. The van der Waals surface area contributed by atoms with Crippen molar-refractivity contribution in [2.24, 2.45) is 0 Å². The van der Waals surface area contributed by atoms with E-state index in [-0.39, 0.29) is 6.42 Å². The smallest absolute Gasteiger partial charge is 0.336 e. The number of ether oxygens (including phenoxy) is 2. The molecule has 0 amide bonds. The molecule has 2 atom stereocenters. The first kappa shape index (κ1) is 34.5. The molecule has 37 heavy (non-hydrogen) atoms. The Morgan fingerprint density at radius 2 is 1.32 bits per heavy atom. The molecule has 0 aromatic heterocycles. The predicted octanol–water partition coefficient (Wildman–Crippen LogP) is 4.15. The number of aliphatic hydroxyl groups excluding tert-OH is 1. The van der Waals surface area contributed by atoms with E-state index in [1.54, 1.807) is 0 Å². The van der Waals surface area contributed by atoms with Crippen LogP contribution in [0.2, 0.25) is 0 Å². The molecular formula is C27H46O10. The second-order valence-electron chi connectivity index (χ2n) is 9.40. The lowest BCUT2D eigenvalue weighted by Crippen LogP contribution is -2.44. The summed E-state index contributed by atoms with van der Waals surface area (Å²) in [6, 6.07) is 0. The van der Waals surface area contributed by atoms with Gasteiger partial charge in [-0.05, 0) is 32.1 Å². The van der Waals surface area contributed by atoms with Crippen LogP contribution in [-0.4, -0.2) is 69.2 Å². The first-order chi connectivity index (χ1) is 17.6. The minimum Gasteiger partial charge on any atom is -0.481 e. The molecule has 0 heterocycles. The van der Waals surface area contributed by atoms with Crippen molar-refractivity contribution in [2.45, 2.75) is 121 Å². The summed E-state index contributed by atoms with van der Waals surface area (Å²) < 4.78 is 9.82. The van der Waals surface area contributed by atoms with Crippen LogP contribution in [0.5, 0.6) is 0 Å². The average molecular weight is 531 g/mol. The van der Waals surface area contributed by atoms with Gasteiger partial charge in [0.1, 0.15) is 6.61 Å². The molecule has 0 aliphatic carbocycles. The fourth-order valence-electron chi connectivity index (χ4n) is 3.65. The van der Waals surface area contributed by atoms with Crippen LogP contribution in [0, 0.1) is 0 Å². The highest BCUT2D eigenvalue weighted by molar-refractivity contribution is 5.88. The fraction of sp³-hybridized carbons (Fsp3) is 0.778. The number of carbonyl (C=O) groups excluding carboxylic acids is 2. The number of carboxylic acids is 2. The van der Waals surface area contributed by atoms with Gasteiger partial charge in [-0.1, -0.05) is 70.4 Å². The van der Waals surface area contributed by atoms with Crippen molar-refractivity contribution in [2.75, 3.05) is 13.2 Å². The van der Waals surface area contributed by atoms with E-state index >= 15 is 0 Å². The Bertz CT molecular complexity index is 691. The zero-order valence-electron chi connectivity index (χ0n) is 22.2. The summed E-state index contributed by atoms with van der Waals surface area (Å²) in [7, 11) is 0. The predicted molar refractivity (Wildman–Crippen MR) is 137 cm³/mol. The third-order valence-corrected chi connectivity index (χ3v) is 5.85. The van der Waals surface area contributed by atoms with Crippen LogP contribution in [0.4, 0.5) is 0 Å². The molecule has 214 valence electrons. The minimum absolute atomic E-state index is 0.182. The van der Waals surface area contributed by atoms with E-state index in [1.807, 2.05) is 0 Å². The molecule has 0 saturated heterocycles. The second-order valence-corrected chi connectivity index (χ2v) is 9.40. The quantitative estimate of drug-likeness (QED) is 0.0808. The minimum atomic E-state index is -2.84. The van der Waals surface area contributed by atoms with Gasteiger partial charge in [0.2, 0.25) is 0 Å². The number of allylic oxidation sites excluding steroid dienone is 2. The van der Waals surface area contributed by atoms with Crippen LogP contribution >= 0.6 is 0 Å². The van der Waals surface area contributed by atoms with Crippen molar-refractivity contribution in [3.05, 3.63) is 12.2 Å². The Balaban J connectivity index is 3.91. The van der Waals surface area contributed by atoms with E-state index in [2.05, 4.69) is 19.1 Å². The second kappa shape index (κ2) is 21.6. The molecule has 0 aromatic rings. The van der Waals surface area contributed by atoms with Gasteiger partial charge in [-0.3, -0.25) is 14.4 Å². The Morgan fingerprint density at radius 1 is 0.784 bits per heavy atom. The number of aliphatic carboxylic acids is 2. The van der Waals surface area contributed by atoms with Gasteiger partial charge in [-0.2, -0.15) is 0 Å². The van der Waals surface area contributed by atoms with Gasteiger partial charge < -0.3 is 29.9 Å². The number of hydrogen-bond acceptors (Lipinski definition) is 8. The third kappa shape index (κ3) is 19.3. The van der Waals surface area contributed by atoms with E-state index in [1.165, 1.54) is 38.5 Å². The maximum Gasteiger partial charge on any atom is 0.336 e. The Morgan fingerprint density at radius 3 is 1.84 bits per heavy atom. The van der Waals surface area contributed by atoms with Crippen molar-refractivity contribution >= 4 is 23.9 Å². The van der Waals surface area contributed by atoms with Crippen molar-refractivity contribution in [3.8, 4) is 0 Å². The Hall–Kier alpha value is -2.46. The summed E-state index contributed by atoms with van der Waals surface area (Å²) >= 11 is 0. The van der Waals surface area contributed by atoms with Gasteiger partial charge in [0.15, 0.2) is 11.7 Å². The molecule has 10 heteroatoms. The molecule has 0 bridgehead atoms. The molecule has 4 N–H and O–H groups in total. The van der Waals surface area contributed by atoms with Crippen LogP contribution in [0.15, 0.2) is 12.2 Å². The average Bonchev–Trinajstić information content (AvgIpc) is 2.83. The number of carbonyl (C=O) groups is 4. The zero-order valence-corrected chi connectivity index (χ0v) is 22.2. The molecule has 0 spiro atoms. The summed E-state index contributed by atoms with van der Waals surface area (Å²) in [5, 5.41) is 36.9. The molecule has 0 radical (unpaired) electrons. The van der Waals surface area contributed by atoms with Crippen molar-refractivity contribution in [3.63, 3.8) is 0 Å². The monoisotopic (exact) mass is 530 g/mol. The third-order valence-electron chi connectivity index (χ3n) is 5.85.